The Bertz CT molecular complexity index is 1390. The Morgan fingerprint density at radius 1 is 0.848 bits per heavy atom. The molecule has 1 aliphatic rings. The van der Waals surface area contributed by atoms with E-state index < -0.39 is 10.0 Å². The first-order chi connectivity index (χ1) is 16.0. The van der Waals surface area contributed by atoms with Crippen LogP contribution in [-0.4, -0.2) is 59.6 Å². The van der Waals surface area contributed by atoms with Crippen LogP contribution in [0.5, 0.6) is 0 Å². The largest absolute Gasteiger partial charge is 0.322 e. The van der Waals surface area contributed by atoms with Crippen LogP contribution in [0.3, 0.4) is 0 Å². The van der Waals surface area contributed by atoms with Crippen molar-refractivity contribution in [3.63, 3.8) is 0 Å². The van der Waals surface area contributed by atoms with E-state index in [2.05, 4.69) is 10.4 Å². The molecule has 0 unspecified atom stereocenters. The van der Waals surface area contributed by atoms with Gasteiger partial charge in [0.1, 0.15) is 0 Å². The molecule has 1 saturated heterocycles. The van der Waals surface area contributed by atoms with E-state index in [1.165, 1.54) is 4.31 Å². The van der Waals surface area contributed by atoms with Crippen molar-refractivity contribution in [2.24, 2.45) is 0 Å². The number of anilines is 1. The van der Waals surface area contributed by atoms with E-state index >= 15 is 0 Å². The molecule has 1 aliphatic heterocycles. The predicted molar refractivity (Wildman–Crippen MR) is 127 cm³/mol. The zero-order valence-corrected chi connectivity index (χ0v) is 18.6. The predicted octanol–water partition coefficient (Wildman–Crippen LogP) is 3.56. The molecule has 33 heavy (non-hydrogen) atoms. The number of carbonyl (C=O) groups excluding carboxylic acids is 1. The van der Waals surface area contributed by atoms with Gasteiger partial charge in [0.25, 0.3) is 0 Å². The third-order valence-corrected chi connectivity index (χ3v) is 7.68. The van der Waals surface area contributed by atoms with Crippen molar-refractivity contribution in [3.05, 3.63) is 85.2 Å². The molecule has 2 heterocycles. The summed E-state index contributed by atoms with van der Waals surface area (Å²) in [5, 5.41) is 9.04. The molecular formula is C24H23N5O3S. The molecule has 4 aromatic rings. The normalized spacial score (nSPS) is 15.0. The van der Waals surface area contributed by atoms with Crippen molar-refractivity contribution < 1.29 is 13.2 Å². The van der Waals surface area contributed by atoms with Gasteiger partial charge in [-0.15, -0.1) is 0 Å². The maximum Gasteiger partial charge on any atom is 0.321 e. The van der Waals surface area contributed by atoms with Crippen LogP contribution in [0.4, 0.5) is 10.5 Å². The summed E-state index contributed by atoms with van der Waals surface area (Å²) >= 11 is 0. The standard InChI is InChI=1S/C24H23N5O3S/c30-24(26-22-8-3-4-9-23(22)29-13-5-12-25-29)27-14-16-28(17-15-27)33(31,32)21-11-10-19-6-1-2-7-20(19)18-21/h1-13,18H,14-17H2,(H,26,30). The van der Waals surface area contributed by atoms with Crippen molar-refractivity contribution in [1.29, 1.82) is 0 Å². The number of fused-ring (bicyclic) bond motifs is 1. The van der Waals surface area contributed by atoms with Gasteiger partial charge in [-0.2, -0.15) is 9.40 Å². The minimum absolute atomic E-state index is 0.239. The summed E-state index contributed by atoms with van der Waals surface area (Å²) in [6.45, 7) is 1.10. The zero-order chi connectivity index (χ0) is 22.8. The molecule has 0 radical (unpaired) electrons. The van der Waals surface area contributed by atoms with Crippen molar-refractivity contribution in [1.82, 2.24) is 19.0 Å². The Morgan fingerprint density at radius 2 is 1.58 bits per heavy atom. The molecule has 0 aliphatic carbocycles. The number of urea groups is 1. The molecule has 1 fully saturated rings. The molecule has 0 atom stereocenters. The van der Waals surface area contributed by atoms with Gasteiger partial charge in [0.2, 0.25) is 10.0 Å². The number of rotatable bonds is 4. The number of hydrogen-bond acceptors (Lipinski definition) is 4. The van der Waals surface area contributed by atoms with Crippen LogP contribution in [-0.2, 0) is 10.0 Å². The Kier molecular flexibility index (Phi) is 5.57. The Labute approximate surface area is 192 Å². The Morgan fingerprint density at radius 3 is 2.33 bits per heavy atom. The Balaban J connectivity index is 1.27. The third-order valence-electron chi connectivity index (χ3n) is 5.78. The number of nitrogens with one attached hydrogen (secondary N) is 1. The van der Waals surface area contributed by atoms with Crippen LogP contribution in [0.1, 0.15) is 0 Å². The van der Waals surface area contributed by atoms with Crippen LogP contribution in [0.25, 0.3) is 16.5 Å². The second-order valence-corrected chi connectivity index (χ2v) is 9.74. The first kappa shape index (κ1) is 21.2. The summed E-state index contributed by atoms with van der Waals surface area (Å²) < 4.78 is 29.5. The number of amides is 2. The molecular weight excluding hydrogens is 438 g/mol. The minimum atomic E-state index is -3.63. The lowest BCUT2D eigenvalue weighted by Gasteiger charge is -2.34. The average molecular weight is 462 g/mol. The van der Waals surface area contributed by atoms with E-state index in [-0.39, 0.29) is 24.0 Å². The van der Waals surface area contributed by atoms with Crippen LogP contribution >= 0.6 is 0 Å². The lowest BCUT2D eigenvalue weighted by molar-refractivity contribution is 0.184. The van der Waals surface area contributed by atoms with Crippen molar-refractivity contribution in [3.8, 4) is 5.69 Å². The zero-order valence-electron chi connectivity index (χ0n) is 17.8. The van der Waals surface area contributed by atoms with Crippen molar-refractivity contribution in [2.75, 3.05) is 31.5 Å². The summed E-state index contributed by atoms with van der Waals surface area (Å²) in [4.78, 5) is 14.8. The van der Waals surface area contributed by atoms with E-state index in [4.69, 9.17) is 0 Å². The lowest BCUT2D eigenvalue weighted by atomic mass is 10.1. The van der Waals surface area contributed by atoms with E-state index in [1.807, 2.05) is 60.7 Å². The first-order valence-corrected chi connectivity index (χ1v) is 12.1. The maximum atomic E-state index is 13.2. The molecule has 5 rings (SSSR count). The van der Waals surface area contributed by atoms with Crippen LogP contribution in [0.15, 0.2) is 90.1 Å². The number of nitrogens with zero attached hydrogens (tertiary/aromatic N) is 4. The molecule has 1 N–H and O–H groups in total. The fourth-order valence-corrected chi connectivity index (χ4v) is 5.45. The summed E-state index contributed by atoms with van der Waals surface area (Å²) in [5.41, 5.74) is 1.39. The van der Waals surface area contributed by atoms with Gasteiger partial charge in [0.15, 0.2) is 0 Å². The molecule has 3 aromatic carbocycles. The Hall–Kier alpha value is -3.69. The molecule has 9 heteroatoms. The molecule has 0 saturated carbocycles. The molecule has 0 spiro atoms. The number of hydrogen-bond donors (Lipinski definition) is 1. The number of piperazine rings is 1. The summed E-state index contributed by atoms with van der Waals surface area (Å²) in [6.07, 6.45) is 3.48. The van der Waals surface area contributed by atoms with Gasteiger partial charge in [-0.1, -0.05) is 42.5 Å². The van der Waals surface area contributed by atoms with E-state index in [9.17, 15) is 13.2 Å². The third kappa shape index (κ3) is 4.20. The molecule has 0 bridgehead atoms. The van der Waals surface area contributed by atoms with Crippen LogP contribution in [0.2, 0.25) is 0 Å². The number of benzene rings is 3. The second-order valence-electron chi connectivity index (χ2n) is 7.80. The average Bonchev–Trinajstić information content (AvgIpc) is 3.39. The highest BCUT2D eigenvalue weighted by molar-refractivity contribution is 7.89. The quantitative estimate of drug-likeness (QED) is 0.503. The fourth-order valence-electron chi connectivity index (χ4n) is 3.99. The second kappa shape index (κ2) is 8.68. The number of para-hydroxylation sites is 2. The SMILES string of the molecule is O=C(Nc1ccccc1-n1cccn1)N1CCN(S(=O)(=O)c2ccc3ccccc3c2)CC1. The van der Waals surface area contributed by atoms with Gasteiger partial charge in [-0.3, -0.25) is 0 Å². The topological polar surface area (TPSA) is 87.5 Å². The van der Waals surface area contributed by atoms with Crippen LogP contribution < -0.4 is 5.32 Å². The highest BCUT2D eigenvalue weighted by atomic mass is 32.2. The van der Waals surface area contributed by atoms with Gasteiger partial charge in [-0.25, -0.2) is 17.9 Å². The highest BCUT2D eigenvalue weighted by Gasteiger charge is 2.30. The molecule has 168 valence electrons. The number of carbonyl (C=O) groups is 1. The van der Waals surface area contributed by atoms with Crippen LogP contribution in [0, 0.1) is 0 Å². The number of sulfonamides is 1. The molecule has 2 amide bonds. The lowest BCUT2D eigenvalue weighted by Crippen LogP contribution is -2.51. The van der Waals surface area contributed by atoms with Gasteiger partial charge in [-0.05, 0) is 41.1 Å². The van der Waals surface area contributed by atoms with E-state index in [0.29, 0.717) is 18.8 Å². The van der Waals surface area contributed by atoms with Crippen molar-refractivity contribution in [2.45, 2.75) is 4.90 Å². The molecule has 8 nitrogen and oxygen atoms in total. The monoisotopic (exact) mass is 461 g/mol. The minimum Gasteiger partial charge on any atom is -0.322 e. The summed E-state index contributed by atoms with van der Waals surface area (Å²) in [6, 6.07) is 21.8. The van der Waals surface area contributed by atoms with Crippen molar-refractivity contribution >= 4 is 32.5 Å². The van der Waals surface area contributed by atoms with Gasteiger partial charge >= 0.3 is 6.03 Å². The van der Waals surface area contributed by atoms with E-state index in [1.54, 1.807) is 34.1 Å². The van der Waals surface area contributed by atoms with Gasteiger partial charge in [0.05, 0.1) is 16.3 Å². The summed E-state index contributed by atoms with van der Waals surface area (Å²) in [7, 11) is -3.63. The van der Waals surface area contributed by atoms with E-state index in [0.717, 1.165) is 16.5 Å². The van der Waals surface area contributed by atoms with Gasteiger partial charge < -0.3 is 10.2 Å². The van der Waals surface area contributed by atoms with Gasteiger partial charge in [0, 0.05) is 38.6 Å². The summed E-state index contributed by atoms with van der Waals surface area (Å²) in [5.74, 6) is 0. The smallest absolute Gasteiger partial charge is 0.321 e. The maximum absolute atomic E-state index is 13.2. The fraction of sp³-hybridized carbons (Fsp3) is 0.167. The molecule has 1 aromatic heterocycles. The highest BCUT2D eigenvalue weighted by Crippen LogP contribution is 2.24. The number of aromatic nitrogens is 2. The first-order valence-electron chi connectivity index (χ1n) is 10.7.